The van der Waals surface area contributed by atoms with Gasteiger partial charge in [-0.15, -0.1) is 0 Å². The van der Waals surface area contributed by atoms with E-state index in [1.54, 1.807) is 29.2 Å². The Labute approximate surface area is 196 Å². The van der Waals surface area contributed by atoms with Crippen LogP contribution in [0.25, 0.3) is 0 Å². The highest BCUT2D eigenvalue weighted by molar-refractivity contribution is 6.06. The monoisotopic (exact) mass is 449 g/mol. The second-order valence-electron chi connectivity index (χ2n) is 9.05. The third-order valence-electron chi connectivity index (χ3n) is 6.59. The summed E-state index contributed by atoms with van der Waals surface area (Å²) in [6.45, 7) is 5.50. The SMILES string of the molecule is CC[C@](C)(C(=O)NC1CCCCC1)N(C(=O)CNC(=O)c1ccccc1)c1ccc(C)cc1. The van der Waals surface area contributed by atoms with E-state index in [0.29, 0.717) is 17.7 Å². The van der Waals surface area contributed by atoms with Crippen LogP contribution in [0.2, 0.25) is 0 Å². The molecule has 6 nitrogen and oxygen atoms in total. The average Bonchev–Trinajstić information content (AvgIpc) is 2.84. The largest absolute Gasteiger partial charge is 0.351 e. The number of aryl methyl sites for hydroxylation is 1. The quantitative estimate of drug-likeness (QED) is 0.628. The Morgan fingerprint density at radius 2 is 1.61 bits per heavy atom. The maximum atomic E-state index is 13.5. The fraction of sp³-hybridized carbons (Fsp3) is 0.444. The highest BCUT2D eigenvalue weighted by Crippen LogP contribution is 2.29. The van der Waals surface area contributed by atoms with Gasteiger partial charge < -0.3 is 10.6 Å². The highest BCUT2D eigenvalue weighted by atomic mass is 16.2. The summed E-state index contributed by atoms with van der Waals surface area (Å²) in [4.78, 5) is 41.1. The first kappa shape index (κ1) is 24.5. The molecule has 0 heterocycles. The second kappa shape index (κ2) is 11.1. The van der Waals surface area contributed by atoms with Crippen LogP contribution in [0.3, 0.4) is 0 Å². The molecule has 2 N–H and O–H groups in total. The van der Waals surface area contributed by atoms with Crippen molar-refractivity contribution < 1.29 is 14.4 Å². The van der Waals surface area contributed by atoms with Gasteiger partial charge in [0.25, 0.3) is 5.91 Å². The standard InChI is InChI=1S/C27H35N3O3/c1-4-27(3,26(33)29-22-13-9-6-10-14-22)30(23-17-15-20(2)16-18-23)24(31)19-28-25(32)21-11-7-5-8-12-21/h5,7-8,11-12,15-18,22H,4,6,9-10,13-14,19H2,1-3H3,(H,28,32)(H,29,33)/t27-/m1/s1. The van der Waals surface area contributed by atoms with Crippen LogP contribution in [0, 0.1) is 6.92 Å². The van der Waals surface area contributed by atoms with E-state index >= 15 is 0 Å². The summed E-state index contributed by atoms with van der Waals surface area (Å²) in [7, 11) is 0. The van der Waals surface area contributed by atoms with Crippen LogP contribution >= 0.6 is 0 Å². The van der Waals surface area contributed by atoms with Crippen molar-refractivity contribution in [2.75, 3.05) is 11.4 Å². The van der Waals surface area contributed by atoms with Crippen molar-refractivity contribution in [1.82, 2.24) is 10.6 Å². The fourth-order valence-corrected chi connectivity index (χ4v) is 4.33. The van der Waals surface area contributed by atoms with Crippen molar-refractivity contribution >= 4 is 23.4 Å². The Hall–Kier alpha value is -3.15. The van der Waals surface area contributed by atoms with Crippen molar-refractivity contribution in [1.29, 1.82) is 0 Å². The summed E-state index contributed by atoms with van der Waals surface area (Å²) in [5, 5.41) is 5.91. The van der Waals surface area contributed by atoms with Crippen molar-refractivity contribution in [3.8, 4) is 0 Å². The van der Waals surface area contributed by atoms with Crippen LogP contribution in [-0.2, 0) is 9.59 Å². The van der Waals surface area contributed by atoms with E-state index in [0.717, 1.165) is 31.2 Å². The number of nitrogens with one attached hydrogen (secondary N) is 2. The first-order chi connectivity index (χ1) is 15.8. The van der Waals surface area contributed by atoms with Crippen molar-refractivity contribution in [3.05, 3.63) is 65.7 Å². The van der Waals surface area contributed by atoms with Crippen LogP contribution < -0.4 is 15.5 Å². The molecule has 1 atom stereocenters. The van der Waals surface area contributed by atoms with Gasteiger partial charge in [-0.1, -0.05) is 62.1 Å². The minimum atomic E-state index is -1.08. The predicted molar refractivity (Wildman–Crippen MR) is 131 cm³/mol. The zero-order chi connectivity index (χ0) is 23.8. The van der Waals surface area contributed by atoms with E-state index in [9.17, 15) is 14.4 Å². The van der Waals surface area contributed by atoms with Crippen LogP contribution in [0.15, 0.2) is 54.6 Å². The zero-order valence-electron chi connectivity index (χ0n) is 19.9. The summed E-state index contributed by atoms with van der Waals surface area (Å²) in [5.41, 5.74) is 1.11. The van der Waals surface area contributed by atoms with E-state index in [2.05, 4.69) is 10.6 Å². The number of anilines is 1. The Morgan fingerprint density at radius 1 is 0.970 bits per heavy atom. The first-order valence-electron chi connectivity index (χ1n) is 11.9. The van der Waals surface area contributed by atoms with Crippen LogP contribution in [0.1, 0.15) is 68.3 Å². The summed E-state index contributed by atoms with van der Waals surface area (Å²) in [5.74, 6) is -0.802. The third kappa shape index (κ3) is 6.01. The lowest BCUT2D eigenvalue weighted by Gasteiger charge is -2.41. The maximum absolute atomic E-state index is 13.5. The van der Waals surface area contributed by atoms with Gasteiger partial charge in [-0.3, -0.25) is 19.3 Å². The topological polar surface area (TPSA) is 78.5 Å². The second-order valence-corrected chi connectivity index (χ2v) is 9.05. The molecule has 1 fully saturated rings. The lowest BCUT2D eigenvalue weighted by atomic mass is 9.90. The Balaban J connectivity index is 1.83. The van der Waals surface area contributed by atoms with Crippen LogP contribution in [0.4, 0.5) is 5.69 Å². The van der Waals surface area contributed by atoms with Gasteiger partial charge in [0.15, 0.2) is 0 Å². The fourth-order valence-electron chi connectivity index (χ4n) is 4.33. The van der Waals surface area contributed by atoms with Gasteiger partial charge in [-0.05, 0) is 57.4 Å². The number of amides is 3. The molecule has 1 aliphatic rings. The number of carbonyl (C=O) groups excluding carboxylic acids is 3. The molecular weight excluding hydrogens is 414 g/mol. The minimum Gasteiger partial charge on any atom is -0.351 e. The van der Waals surface area contributed by atoms with Crippen molar-refractivity contribution in [2.45, 2.75) is 70.9 Å². The first-order valence-corrected chi connectivity index (χ1v) is 11.9. The molecular formula is C27H35N3O3. The minimum absolute atomic E-state index is 0.143. The molecule has 0 aromatic heterocycles. The van der Waals surface area contributed by atoms with Gasteiger partial charge in [-0.2, -0.15) is 0 Å². The number of nitrogens with zero attached hydrogens (tertiary/aromatic N) is 1. The molecule has 33 heavy (non-hydrogen) atoms. The van der Waals surface area contributed by atoms with Crippen molar-refractivity contribution in [2.24, 2.45) is 0 Å². The van der Waals surface area contributed by atoms with Gasteiger partial charge in [-0.25, -0.2) is 0 Å². The summed E-state index contributed by atoms with van der Waals surface area (Å²) < 4.78 is 0. The van der Waals surface area contributed by atoms with Crippen LogP contribution in [-0.4, -0.2) is 35.8 Å². The molecule has 0 saturated heterocycles. The average molecular weight is 450 g/mol. The lowest BCUT2D eigenvalue weighted by molar-refractivity contribution is -0.130. The zero-order valence-corrected chi connectivity index (χ0v) is 19.9. The summed E-state index contributed by atoms with van der Waals surface area (Å²) >= 11 is 0. The predicted octanol–water partition coefficient (Wildman–Crippen LogP) is 4.38. The number of rotatable bonds is 8. The number of hydrogen-bond acceptors (Lipinski definition) is 3. The molecule has 2 aromatic carbocycles. The van der Waals surface area contributed by atoms with E-state index < -0.39 is 5.54 Å². The normalized spacial score (nSPS) is 15.8. The molecule has 6 heteroatoms. The van der Waals surface area contributed by atoms with Gasteiger partial charge in [0.1, 0.15) is 5.54 Å². The van der Waals surface area contributed by atoms with E-state index in [-0.39, 0.29) is 30.3 Å². The van der Waals surface area contributed by atoms with Crippen LogP contribution in [0.5, 0.6) is 0 Å². The molecule has 1 saturated carbocycles. The molecule has 0 aliphatic heterocycles. The molecule has 2 aromatic rings. The summed E-state index contributed by atoms with van der Waals surface area (Å²) in [6, 6.07) is 16.5. The molecule has 3 amide bonds. The van der Waals surface area contributed by atoms with E-state index in [1.807, 2.05) is 51.1 Å². The van der Waals surface area contributed by atoms with E-state index in [1.165, 1.54) is 6.42 Å². The molecule has 0 spiro atoms. The lowest BCUT2D eigenvalue weighted by Crippen LogP contribution is -2.62. The molecule has 1 aliphatic carbocycles. The Morgan fingerprint density at radius 3 is 2.21 bits per heavy atom. The summed E-state index contributed by atoms with van der Waals surface area (Å²) in [6.07, 6.45) is 5.80. The van der Waals surface area contributed by atoms with E-state index in [4.69, 9.17) is 0 Å². The Bertz CT molecular complexity index is 952. The van der Waals surface area contributed by atoms with Gasteiger partial charge >= 0.3 is 0 Å². The molecule has 0 bridgehead atoms. The molecule has 3 rings (SSSR count). The van der Waals surface area contributed by atoms with Gasteiger partial charge in [0, 0.05) is 17.3 Å². The molecule has 0 radical (unpaired) electrons. The maximum Gasteiger partial charge on any atom is 0.251 e. The number of benzene rings is 2. The van der Waals surface area contributed by atoms with Crippen molar-refractivity contribution in [3.63, 3.8) is 0 Å². The highest BCUT2D eigenvalue weighted by Gasteiger charge is 2.42. The Kier molecular flexibility index (Phi) is 8.26. The third-order valence-corrected chi connectivity index (χ3v) is 6.59. The molecule has 176 valence electrons. The number of carbonyl (C=O) groups is 3. The van der Waals surface area contributed by atoms with Gasteiger partial charge in [0.2, 0.25) is 11.8 Å². The molecule has 0 unspecified atom stereocenters. The smallest absolute Gasteiger partial charge is 0.251 e. The number of hydrogen-bond donors (Lipinski definition) is 2. The van der Waals surface area contributed by atoms with Gasteiger partial charge in [0.05, 0.1) is 6.54 Å².